The Balaban J connectivity index is 1.46. The first-order chi connectivity index (χ1) is 14.2. The first kappa shape index (κ1) is 21.7. The van der Waals surface area contributed by atoms with Gasteiger partial charge in [0.15, 0.2) is 11.5 Å². The highest BCUT2D eigenvalue weighted by atomic mass is 16.6. The summed E-state index contributed by atoms with van der Waals surface area (Å²) in [5.74, 6) is 1.12. The van der Waals surface area contributed by atoms with Crippen LogP contribution in [0.2, 0.25) is 0 Å². The van der Waals surface area contributed by atoms with Gasteiger partial charge < -0.3 is 20.1 Å². The van der Waals surface area contributed by atoms with E-state index >= 15 is 0 Å². The van der Waals surface area contributed by atoms with Crippen LogP contribution < -0.4 is 20.1 Å². The van der Waals surface area contributed by atoms with Crippen molar-refractivity contribution in [1.82, 2.24) is 10.6 Å². The number of amides is 2. The molecule has 0 spiro atoms. The van der Waals surface area contributed by atoms with Crippen LogP contribution in [0.15, 0.2) is 42.5 Å². The first-order valence-electron chi connectivity index (χ1n) is 10.3. The lowest BCUT2D eigenvalue weighted by atomic mass is 9.87. The van der Waals surface area contributed by atoms with Gasteiger partial charge in [-0.25, -0.2) is 0 Å². The van der Waals surface area contributed by atoms with E-state index in [2.05, 4.69) is 31.4 Å². The Morgan fingerprint density at radius 1 is 1.00 bits per heavy atom. The zero-order chi connectivity index (χ0) is 21.7. The third kappa shape index (κ3) is 5.53. The van der Waals surface area contributed by atoms with Gasteiger partial charge in [-0.05, 0) is 47.7 Å². The number of ether oxygens (including phenoxy) is 2. The van der Waals surface area contributed by atoms with Gasteiger partial charge in [0.1, 0.15) is 13.2 Å². The molecule has 0 unspecified atom stereocenters. The highest BCUT2D eigenvalue weighted by Crippen LogP contribution is 2.32. The second kappa shape index (κ2) is 9.20. The largest absolute Gasteiger partial charge is 0.486 e. The van der Waals surface area contributed by atoms with Crippen LogP contribution in [0.4, 0.5) is 0 Å². The minimum absolute atomic E-state index is 0.0426. The van der Waals surface area contributed by atoms with Gasteiger partial charge >= 0.3 is 0 Å². The van der Waals surface area contributed by atoms with Crippen molar-refractivity contribution in [2.45, 2.75) is 45.6 Å². The maximum atomic E-state index is 12.3. The SMILES string of the molecule is C[C@H](NC(=O)CCNC(=O)c1ccc(C(C)(C)C)cc1)c1ccc2c(c1)OCCO2. The van der Waals surface area contributed by atoms with Crippen molar-refractivity contribution < 1.29 is 19.1 Å². The Hall–Kier alpha value is -3.02. The zero-order valence-corrected chi connectivity index (χ0v) is 18.1. The molecular weight excluding hydrogens is 380 g/mol. The zero-order valence-electron chi connectivity index (χ0n) is 18.1. The molecule has 6 nitrogen and oxygen atoms in total. The van der Waals surface area contributed by atoms with Crippen molar-refractivity contribution in [3.05, 3.63) is 59.2 Å². The van der Waals surface area contributed by atoms with Crippen LogP contribution >= 0.6 is 0 Å². The van der Waals surface area contributed by atoms with Crippen molar-refractivity contribution in [3.63, 3.8) is 0 Å². The number of carbonyl (C=O) groups is 2. The fourth-order valence-corrected chi connectivity index (χ4v) is 3.24. The maximum Gasteiger partial charge on any atom is 0.251 e. The van der Waals surface area contributed by atoms with E-state index in [1.165, 1.54) is 5.56 Å². The lowest BCUT2D eigenvalue weighted by molar-refractivity contribution is -0.121. The molecule has 2 aromatic carbocycles. The average Bonchev–Trinajstić information content (AvgIpc) is 2.72. The Kier molecular flexibility index (Phi) is 6.65. The van der Waals surface area contributed by atoms with E-state index in [0.29, 0.717) is 24.5 Å². The van der Waals surface area contributed by atoms with Crippen LogP contribution in [0.3, 0.4) is 0 Å². The predicted octanol–water partition coefficient (Wildman–Crippen LogP) is 3.75. The van der Waals surface area contributed by atoms with Gasteiger partial charge in [-0.2, -0.15) is 0 Å². The van der Waals surface area contributed by atoms with E-state index in [4.69, 9.17) is 9.47 Å². The van der Waals surface area contributed by atoms with E-state index in [-0.39, 0.29) is 36.2 Å². The summed E-state index contributed by atoms with van der Waals surface area (Å²) in [6.07, 6.45) is 0.209. The van der Waals surface area contributed by atoms with Gasteiger partial charge in [0.05, 0.1) is 6.04 Å². The van der Waals surface area contributed by atoms with Gasteiger partial charge in [-0.15, -0.1) is 0 Å². The summed E-state index contributed by atoms with van der Waals surface area (Å²) in [5.41, 5.74) is 2.75. The lowest BCUT2D eigenvalue weighted by Crippen LogP contribution is -2.32. The van der Waals surface area contributed by atoms with E-state index < -0.39 is 0 Å². The van der Waals surface area contributed by atoms with Crippen LogP contribution in [0.5, 0.6) is 11.5 Å². The van der Waals surface area contributed by atoms with Crippen molar-refractivity contribution in [3.8, 4) is 11.5 Å². The number of rotatable bonds is 6. The Morgan fingerprint density at radius 3 is 2.33 bits per heavy atom. The molecule has 3 rings (SSSR count). The average molecular weight is 411 g/mol. The third-order valence-electron chi connectivity index (χ3n) is 5.09. The van der Waals surface area contributed by atoms with E-state index in [0.717, 1.165) is 11.3 Å². The second-order valence-electron chi connectivity index (χ2n) is 8.53. The van der Waals surface area contributed by atoms with Gasteiger partial charge in [-0.3, -0.25) is 9.59 Å². The molecular formula is C24H30N2O4. The molecule has 2 amide bonds. The normalized spacial score (nSPS) is 14.0. The summed E-state index contributed by atoms with van der Waals surface area (Å²) in [6.45, 7) is 9.66. The van der Waals surface area contributed by atoms with Crippen LogP contribution in [-0.4, -0.2) is 31.6 Å². The molecule has 0 saturated heterocycles. The molecule has 2 N–H and O–H groups in total. The summed E-state index contributed by atoms with van der Waals surface area (Å²) in [6, 6.07) is 13.1. The highest BCUT2D eigenvalue weighted by molar-refractivity contribution is 5.94. The maximum absolute atomic E-state index is 12.3. The summed E-state index contributed by atoms with van der Waals surface area (Å²) in [5, 5.41) is 5.76. The predicted molar refractivity (Wildman–Crippen MR) is 116 cm³/mol. The molecule has 0 bridgehead atoms. The molecule has 1 atom stereocenters. The Bertz CT molecular complexity index is 900. The molecule has 6 heteroatoms. The van der Waals surface area contributed by atoms with Gasteiger partial charge in [0.2, 0.25) is 5.91 Å². The fraction of sp³-hybridized carbons (Fsp3) is 0.417. The number of benzene rings is 2. The van der Waals surface area contributed by atoms with E-state index in [1.807, 2.05) is 49.4 Å². The molecule has 1 heterocycles. The first-order valence-corrected chi connectivity index (χ1v) is 10.3. The van der Waals surface area contributed by atoms with Crippen molar-refractivity contribution in [2.75, 3.05) is 19.8 Å². The molecule has 160 valence electrons. The molecule has 0 fully saturated rings. The quantitative estimate of drug-likeness (QED) is 0.760. The smallest absolute Gasteiger partial charge is 0.251 e. The molecule has 30 heavy (non-hydrogen) atoms. The molecule has 0 radical (unpaired) electrons. The second-order valence-corrected chi connectivity index (χ2v) is 8.53. The molecule has 0 aromatic heterocycles. The summed E-state index contributed by atoms with van der Waals surface area (Å²) < 4.78 is 11.1. The standard InChI is InChI=1S/C24H30N2O4/c1-16(18-7-10-20-21(15-18)30-14-13-29-20)26-22(27)11-12-25-23(28)17-5-8-19(9-6-17)24(2,3)4/h5-10,15-16H,11-14H2,1-4H3,(H,25,28)(H,26,27)/t16-/m0/s1. The van der Waals surface area contributed by atoms with Crippen molar-refractivity contribution >= 4 is 11.8 Å². The number of nitrogens with one attached hydrogen (secondary N) is 2. The minimum atomic E-state index is -0.178. The molecule has 0 saturated carbocycles. The van der Waals surface area contributed by atoms with Gasteiger partial charge in [-0.1, -0.05) is 39.0 Å². The van der Waals surface area contributed by atoms with Crippen molar-refractivity contribution in [2.24, 2.45) is 0 Å². The number of hydrogen-bond acceptors (Lipinski definition) is 4. The summed E-state index contributed by atoms with van der Waals surface area (Å²) >= 11 is 0. The van der Waals surface area contributed by atoms with Crippen LogP contribution in [0.1, 0.15) is 61.6 Å². The van der Waals surface area contributed by atoms with E-state index in [1.54, 1.807) is 0 Å². The summed E-state index contributed by atoms with van der Waals surface area (Å²) in [7, 11) is 0. The topological polar surface area (TPSA) is 76.7 Å². The van der Waals surface area contributed by atoms with E-state index in [9.17, 15) is 9.59 Å². The lowest BCUT2D eigenvalue weighted by Gasteiger charge is -2.21. The van der Waals surface area contributed by atoms with Gasteiger partial charge in [0.25, 0.3) is 5.91 Å². The van der Waals surface area contributed by atoms with Crippen LogP contribution in [0, 0.1) is 0 Å². The number of carbonyl (C=O) groups excluding carboxylic acids is 2. The summed E-state index contributed by atoms with van der Waals surface area (Å²) in [4.78, 5) is 24.6. The molecule has 1 aliphatic heterocycles. The highest BCUT2D eigenvalue weighted by Gasteiger charge is 2.17. The number of fused-ring (bicyclic) bond motifs is 1. The van der Waals surface area contributed by atoms with Gasteiger partial charge in [0, 0.05) is 18.5 Å². The molecule has 2 aromatic rings. The Morgan fingerprint density at radius 2 is 1.67 bits per heavy atom. The fourth-order valence-electron chi connectivity index (χ4n) is 3.24. The molecule has 0 aliphatic carbocycles. The molecule has 1 aliphatic rings. The number of hydrogen-bond donors (Lipinski definition) is 2. The monoisotopic (exact) mass is 410 g/mol. The van der Waals surface area contributed by atoms with Crippen molar-refractivity contribution in [1.29, 1.82) is 0 Å². The Labute approximate surface area is 178 Å². The van der Waals surface area contributed by atoms with Crippen LogP contribution in [0.25, 0.3) is 0 Å². The third-order valence-corrected chi connectivity index (χ3v) is 5.09. The van der Waals surface area contributed by atoms with Crippen LogP contribution in [-0.2, 0) is 10.2 Å². The minimum Gasteiger partial charge on any atom is -0.486 e.